The standard InChI is InChI=1S/C47H43N3O8/c1-28-22-35-39(37(23-28)52-3)34-24-38(53-4)41-36(54-25-30-14-8-5-9-15-30)21-20-33(40(41)44(34)58-47(35)51)45-46(56-27-32-18-12-7-13-19-32)42(49-50-48)43(29(2)57-45)55-26-31-16-10-6-11-17-31/h5-24,29,42-43,45-46H,25-27H2,1-4H3/t29-,42+,43+,45+,46-/m0/s1. The molecule has 1 aliphatic heterocycles. The highest BCUT2D eigenvalue weighted by Gasteiger charge is 2.47. The second-order valence-corrected chi connectivity index (χ2v) is 14.4. The van der Waals surface area contributed by atoms with E-state index in [1.807, 2.05) is 129 Å². The molecule has 0 spiro atoms. The molecule has 294 valence electrons. The van der Waals surface area contributed by atoms with Crippen molar-refractivity contribution in [2.75, 3.05) is 14.2 Å². The Morgan fingerprint density at radius 2 is 1.26 bits per heavy atom. The summed E-state index contributed by atoms with van der Waals surface area (Å²) in [5.74, 6) is 1.49. The molecule has 8 rings (SSSR count). The largest absolute Gasteiger partial charge is 0.496 e. The molecule has 0 bridgehead atoms. The lowest BCUT2D eigenvalue weighted by molar-refractivity contribution is -0.208. The van der Waals surface area contributed by atoms with Crippen LogP contribution < -0.4 is 19.8 Å². The Morgan fingerprint density at radius 3 is 1.86 bits per heavy atom. The smallest absolute Gasteiger partial charge is 0.344 e. The lowest BCUT2D eigenvalue weighted by Gasteiger charge is -2.44. The molecule has 0 saturated carbocycles. The molecule has 6 aromatic carbocycles. The second kappa shape index (κ2) is 17.0. The van der Waals surface area contributed by atoms with Crippen LogP contribution in [0.25, 0.3) is 43.0 Å². The number of benzene rings is 6. The maximum absolute atomic E-state index is 14.0. The fraction of sp³-hybridized carbons (Fsp3) is 0.255. The lowest BCUT2D eigenvalue weighted by atomic mass is 9.86. The number of hydrogen-bond donors (Lipinski definition) is 0. The highest BCUT2D eigenvalue weighted by atomic mass is 16.6. The van der Waals surface area contributed by atoms with E-state index in [1.54, 1.807) is 20.3 Å². The fourth-order valence-electron chi connectivity index (χ4n) is 7.96. The average Bonchev–Trinajstić information content (AvgIpc) is 3.25. The van der Waals surface area contributed by atoms with Gasteiger partial charge in [-0.1, -0.05) is 102 Å². The molecule has 5 atom stereocenters. The van der Waals surface area contributed by atoms with Crippen LogP contribution in [-0.2, 0) is 34.0 Å². The Balaban J connectivity index is 1.36. The Kier molecular flexibility index (Phi) is 11.3. The zero-order valence-corrected chi connectivity index (χ0v) is 32.7. The number of fused-ring (bicyclic) bond motifs is 5. The van der Waals surface area contributed by atoms with Crippen LogP contribution >= 0.6 is 0 Å². The number of ether oxygens (including phenoxy) is 6. The molecule has 0 radical (unpaired) electrons. The minimum atomic E-state index is -0.863. The Labute approximate surface area is 335 Å². The fourth-order valence-corrected chi connectivity index (χ4v) is 7.96. The van der Waals surface area contributed by atoms with Gasteiger partial charge in [0.05, 0.1) is 62.6 Å². The number of methoxy groups -OCH3 is 2. The first-order valence-electron chi connectivity index (χ1n) is 19.1. The van der Waals surface area contributed by atoms with Crippen molar-refractivity contribution in [2.45, 2.75) is 64.1 Å². The van der Waals surface area contributed by atoms with E-state index in [4.69, 9.17) is 32.8 Å². The van der Waals surface area contributed by atoms with Crippen LogP contribution in [0.4, 0.5) is 0 Å². The number of aryl methyl sites for hydroxylation is 1. The van der Waals surface area contributed by atoms with Crippen molar-refractivity contribution in [2.24, 2.45) is 5.11 Å². The van der Waals surface area contributed by atoms with Crippen LogP contribution in [0.3, 0.4) is 0 Å². The van der Waals surface area contributed by atoms with Crippen LogP contribution in [0.1, 0.15) is 40.8 Å². The van der Waals surface area contributed by atoms with Gasteiger partial charge in [-0.05, 0) is 71.5 Å². The van der Waals surface area contributed by atoms with Crippen LogP contribution in [0.5, 0.6) is 17.2 Å². The monoisotopic (exact) mass is 777 g/mol. The molecular formula is C47H43N3O8. The summed E-state index contributed by atoms with van der Waals surface area (Å²) in [6, 6.07) is 37.8. The topological polar surface area (TPSA) is 134 Å². The Bertz CT molecular complexity index is 2670. The van der Waals surface area contributed by atoms with Gasteiger partial charge < -0.3 is 32.8 Å². The van der Waals surface area contributed by atoms with Gasteiger partial charge in [-0.2, -0.15) is 0 Å². The number of hydrogen-bond acceptors (Lipinski definition) is 9. The first-order chi connectivity index (χ1) is 28.4. The Hall–Kier alpha value is -6.36. The van der Waals surface area contributed by atoms with E-state index in [0.29, 0.717) is 49.7 Å². The van der Waals surface area contributed by atoms with E-state index in [1.165, 1.54) is 0 Å². The summed E-state index contributed by atoms with van der Waals surface area (Å²) in [6.07, 6.45) is -2.96. The predicted molar refractivity (Wildman–Crippen MR) is 222 cm³/mol. The molecule has 1 aromatic heterocycles. The van der Waals surface area contributed by atoms with Crippen molar-refractivity contribution < 1.29 is 32.8 Å². The molecule has 0 amide bonds. The van der Waals surface area contributed by atoms with Gasteiger partial charge >= 0.3 is 5.63 Å². The van der Waals surface area contributed by atoms with E-state index in [-0.39, 0.29) is 25.4 Å². The molecule has 11 nitrogen and oxygen atoms in total. The summed E-state index contributed by atoms with van der Waals surface area (Å²) in [5.41, 5.74) is 14.1. The van der Waals surface area contributed by atoms with Crippen molar-refractivity contribution in [1.82, 2.24) is 0 Å². The molecule has 11 heteroatoms. The molecule has 58 heavy (non-hydrogen) atoms. The summed E-state index contributed by atoms with van der Waals surface area (Å²) in [6.45, 7) is 4.53. The first kappa shape index (κ1) is 38.5. The van der Waals surface area contributed by atoms with Gasteiger partial charge in [-0.15, -0.1) is 0 Å². The number of rotatable bonds is 13. The summed E-state index contributed by atoms with van der Waals surface area (Å²) < 4.78 is 45.2. The SMILES string of the molecule is COc1cc2c(oc(=O)c3cc(C)cc(OC)c32)c2c([C@H]3O[C@@H](C)[C@@H](OCc4ccccc4)[C@@H](N=[N+]=[N-])[C@@H]3OCc3ccccc3)ccc(OCc3ccccc3)c12. The molecule has 2 heterocycles. The van der Waals surface area contributed by atoms with Gasteiger partial charge in [0, 0.05) is 21.1 Å². The highest BCUT2D eigenvalue weighted by molar-refractivity contribution is 6.19. The van der Waals surface area contributed by atoms with Gasteiger partial charge in [0.25, 0.3) is 0 Å². The highest BCUT2D eigenvalue weighted by Crippen LogP contribution is 2.48. The molecule has 1 saturated heterocycles. The van der Waals surface area contributed by atoms with Gasteiger partial charge in [-0.25, -0.2) is 4.79 Å². The van der Waals surface area contributed by atoms with Crippen LogP contribution in [0, 0.1) is 6.92 Å². The van der Waals surface area contributed by atoms with Crippen LogP contribution in [-0.4, -0.2) is 38.6 Å². The number of azide groups is 1. The summed E-state index contributed by atoms with van der Waals surface area (Å²) >= 11 is 0. The summed E-state index contributed by atoms with van der Waals surface area (Å²) in [4.78, 5) is 17.3. The first-order valence-corrected chi connectivity index (χ1v) is 19.1. The van der Waals surface area contributed by atoms with E-state index in [9.17, 15) is 10.3 Å². The molecule has 7 aromatic rings. The van der Waals surface area contributed by atoms with Crippen molar-refractivity contribution in [3.05, 3.63) is 170 Å². The van der Waals surface area contributed by atoms with E-state index in [2.05, 4.69) is 10.0 Å². The zero-order valence-electron chi connectivity index (χ0n) is 32.7. The van der Waals surface area contributed by atoms with Gasteiger partial charge in [0.2, 0.25) is 0 Å². The van der Waals surface area contributed by atoms with Crippen molar-refractivity contribution >= 4 is 32.5 Å². The average molecular weight is 778 g/mol. The van der Waals surface area contributed by atoms with Crippen molar-refractivity contribution in [3.8, 4) is 17.2 Å². The lowest BCUT2D eigenvalue weighted by Crippen LogP contribution is -2.54. The minimum Gasteiger partial charge on any atom is -0.496 e. The second-order valence-electron chi connectivity index (χ2n) is 14.4. The van der Waals surface area contributed by atoms with Crippen molar-refractivity contribution in [3.63, 3.8) is 0 Å². The van der Waals surface area contributed by atoms with Crippen LogP contribution in [0.2, 0.25) is 0 Å². The third-order valence-corrected chi connectivity index (χ3v) is 10.7. The quantitative estimate of drug-likeness (QED) is 0.0371. The van der Waals surface area contributed by atoms with Crippen molar-refractivity contribution in [1.29, 1.82) is 0 Å². The molecular weight excluding hydrogens is 735 g/mol. The third kappa shape index (κ3) is 7.56. The zero-order chi connectivity index (χ0) is 40.2. The van der Waals surface area contributed by atoms with Gasteiger partial charge in [-0.3, -0.25) is 0 Å². The predicted octanol–water partition coefficient (Wildman–Crippen LogP) is 10.3. The minimum absolute atomic E-state index is 0.194. The number of nitrogens with zero attached hydrogens (tertiary/aromatic N) is 3. The van der Waals surface area contributed by atoms with Gasteiger partial charge in [0.15, 0.2) is 0 Å². The maximum atomic E-state index is 14.0. The molecule has 0 unspecified atom stereocenters. The molecule has 1 fully saturated rings. The van der Waals surface area contributed by atoms with Gasteiger partial charge in [0.1, 0.15) is 35.5 Å². The summed E-state index contributed by atoms with van der Waals surface area (Å²) in [5, 5.41) is 6.99. The van der Waals surface area contributed by atoms with E-state index >= 15 is 0 Å². The van der Waals surface area contributed by atoms with E-state index < -0.39 is 36.1 Å². The normalized spacial score (nSPS) is 19.2. The Morgan fingerprint density at radius 1 is 0.672 bits per heavy atom. The third-order valence-electron chi connectivity index (χ3n) is 10.7. The molecule has 0 aliphatic carbocycles. The van der Waals surface area contributed by atoms with E-state index in [0.717, 1.165) is 22.3 Å². The van der Waals surface area contributed by atoms with Crippen LogP contribution in [0.15, 0.2) is 136 Å². The maximum Gasteiger partial charge on any atom is 0.344 e. The molecule has 0 N–H and O–H groups in total. The summed E-state index contributed by atoms with van der Waals surface area (Å²) in [7, 11) is 3.17. The molecule has 1 aliphatic rings.